The molecule has 0 spiro atoms. The number of benzene rings is 2. The van der Waals surface area contributed by atoms with E-state index in [1.165, 1.54) is 14.2 Å². The first kappa shape index (κ1) is 27.8. The van der Waals surface area contributed by atoms with Crippen LogP contribution in [0.3, 0.4) is 0 Å². The molecule has 192 valence electrons. The van der Waals surface area contributed by atoms with Crippen molar-refractivity contribution in [2.45, 2.75) is 64.5 Å². The average molecular weight is 489 g/mol. The molecule has 0 atom stereocenters. The molecular weight excluding hydrogens is 452 g/mol. The van der Waals surface area contributed by atoms with Crippen LogP contribution in [-0.4, -0.2) is 36.3 Å². The quantitative estimate of drug-likeness (QED) is 0.206. The van der Waals surface area contributed by atoms with E-state index in [0.717, 1.165) is 49.7 Å². The average Bonchev–Trinajstić information content (AvgIpc) is 2.84. The van der Waals surface area contributed by atoms with Gasteiger partial charge in [0, 0.05) is 19.4 Å². The molecule has 0 aliphatic rings. The van der Waals surface area contributed by atoms with Gasteiger partial charge < -0.3 is 29.8 Å². The highest BCUT2D eigenvalue weighted by atomic mass is 16.7. The molecule has 0 radical (unpaired) electrons. The van der Waals surface area contributed by atoms with E-state index in [1.54, 1.807) is 36.4 Å². The first-order chi connectivity index (χ1) is 16.9. The third-order valence-electron chi connectivity index (χ3n) is 5.47. The van der Waals surface area contributed by atoms with Crippen LogP contribution in [0, 0.1) is 0 Å². The number of hydrogen-bond acceptors (Lipinski definition) is 8. The van der Waals surface area contributed by atoms with Crippen LogP contribution in [0.15, 0.2) is 36.4 Å². The first-order valence-electron chi connectivity index (χ1n) is 11.8. The van der Waals surface area contributed by atoms with Crippen LogP contribution in [0.5, 0.6) is 23.0 Å². The van der Waals surface area contributed by atoms with E-state index in [4.69, 9.17) is 14.3 Å². The van der Waals surface area contributed by atoms with Gasteiger partial charge in [-0.2, -0.15) is 0 Å². The topological polar surface area (TPSA) is 126 Å². The highest BCUT2D eigenvalue weighted by Gasteiger charge is 2.07. The van der Waals surface area contributed by atoms with Gasteiger partial charge in [0.2, 0.25) is 5.91 Å². The van der Waals surface area contributed by atoms with E-state index in [1.807, 2.05) is 0 Å². The number of phenolic OH excluding ortho intramolecular Hbond substituents is 2. The van der Waals surface area contributed by atoms with Crippen molar-refractivity contribution >= 4 is 11.9 Å². The zero-order valence-corrected chi connectivity index (χ0v) is 20.5. The minimum absolute atomic E-state index is 0.0135. The van der Waals surface area contributed by atoms with Crippen molar-refractivity contribution in [2.75, 3.05) is 14.2 Å². The van der Waals surface area contributed by atoms with Crippen LogP contribution in [0.1, 0.15) is 62.5 Å². The van der Waals surface area contributed by atoms with Gasteiger partial charge in [-0.05, 0) is 48.2 Å². The molecule has 9 heteroatoms. The molecule has 0 fully saturated rings. The molecule has 2 aromatic carbocycles. The summed E-state index contributed by atoms with van der Waals surface area (Å²) in [5.41, 5.74) is 4.20. The second-order valence-electron chi connectivity index (χ2n) is 8.21. The monoisotopic (exact) mass is 488 g/mol. The van der Waals surface area contributed by atoms with Gasteiger partial charge in [-0.25, -0.2) is 0 Å². The van der Waals surface area contributed by atoms with Crippen LogP contribution in [-0.2, 0) is 27.5 Å². The van der Waals surface area contributed by atoms with Gasteiger partial charge in [0.1, 0.15) is 0 Å². The normalized spacial score (nSPS) is 10.6. The van der Waals surface area contributed by atoms with Crippen LogP contribution in [0.25, 0.3) is 0 Å². The fraction of sp³-hybridized carbons (Fsp3) is 0.462. The molecule has 0 saturated carbocycles. The zero-order valence-electron chi connectivity index (χ0n) is 20.5. The van der Waals surface area contributed by atoms with E-state index < -0.39 is 0 Å². The Labute approximate surface area is 206 Å². The lowest BCUT2D eigenvalue weighted by Crippen LogP contribution is -2.22. The highest BCUT2D eigenvalue weighted by molar-refractivity contribution is 5.75. The molecule has 0 aliphatic carbocycles. The molecule has 35 heavy (non-hydrogen) atoms. The van der Waals surface area contributed by atoms with Crippen molar-refractivity contribution in [3.63, 3.8) is 0 Å². The maximum atomic E-state index is 12.0. The summed E-state index contributed by atoms with van der Waals surface area (Å²) in [5, 5.41) is 22.4. The number of hydroxylamine groups is 1. The minimum Gasteiger partial charge on any atom is -0.504 e. The van der Waals surface area contributed by atoms with Crippen molar-refractivity contribution in [3.8, 4) is 23.0 Å². The Balaban J connectivity index is 1.44. The van der Waals surface area contributed by atoms with Gasteiger partial charge in [-0.15, -0.1) is 5.48 Å². The predicted octanol–water partition coefficient (Wildman–Crippen LogP) is 4.10. The lowest BCUT2D eigenvalue weighted by molar-refractivity contribution is -0.151. The third kappa shape index (κ3) is 10.6. The minimum atomic E-state index is -0.315. The molecule has 4 N–H and O–H groups in total. The Bertz CT molecular complexity index is 949. The summed E-state index contributed by atoms with van der Waals surface area (Å²) in [5.74, 6) is 0.554. The molecule has 2 rings (SSSR count). The van der Waals surface area contributed by atoms with Crippen molar-refractivity contribution in [1.29, 1.82) is 0 Å². The van der Waals surface area contributed by atoms with Gasteiger partial charge in [0.15, 0.2) is 23.0 Å². The number of methoxy groups -OCH3 is 2. The molecule has 2 aromatic rings. The molecule has 0 aromatic heterocycles. The fourth-order valence-corrected chi connectivity index (χ4v) is 3.49. The van der Waals surface area contributed by atoms with Crippen LogP contribution in [0.4, 0.5) is 0 Å². The van der Waals surface area contributed by atoms with E-state index in [0.29, 0.717) is 37.4 Å². The Morgan fingerprint density at radius 3 is 1.80 bits per heavy atom. The van der Waals surface area contributed by atoms with Crippen molar-refractivity contribution in [1.82, 2.24) is 10.8 Å². The van der Waals surface area contributed by atoms with Crippen LogP contribution >= 0.6 is 0 Å². The summed E-state index contributed by atoms with van der Waals surface area (Å²) < 4.78 is 9.99. The Morgan fingerprint density at radius 1 is 0.743 bits per heavy atom. The van der Waals surface area contributed by atoms with Gasteiger partial charge in [0.25, 0.3) is 0 Å². The highest BCUT2D eigenvalue weighted by Crippen LogP contribution is 2.27. The third-order valence-corrected chi connectivity index (χ3v) is 5.47. The summed E-state index contributed by atoms with van der Waals surface area (Å²) in [6, 6.07) is 10.0. The number of carbonyl (C=O) groups excluding carboxylic acids is 2. The van der Waals surface area contributed by atoms with Crippen LogP contribution in [0.2, 0.25) is 0 Å². The van der Waals surface area contributed by atoms with Crippen molar-refractivity contribution in [2.24, 2.45) is 0 Å². The number of carbonyl (C=O) groups is 2. The Hall–Kier alpha value is -3.46. The predicted molar refractivity (Wildman–Crippen MR) is 131 cm³/mol. The lowest BCUT2D eigenvalue weighted by Gasteiger charge is -2.08. The Morgan fingerprint density at radius 2 is 1.26 bits per heavy atom. The summed E-state index contributed by atoms with van der Waals surface area (Å²) in [6.07, 6.45) is 6.25. The van der Waals surface area contributed by atoms with E-state index in [9.17, 15) is 19.8 Å². The van der Waals surface area contributed by atoms with E-state index >= 15 is 0 Å². The van der Waals surface area contributed by atoms with Gasteiger partial charge in [-0.1, -0.05) is 37.8 Å². The Kier molecular flexibility index (Phi) is 12.3. The van der Waals surface area contributed by atoms with Gasteiger partial charge in [-0.3, -0.25) is 9.59 Å². The second kappa shape index (κ2) is 15.4. The number of unbranched alkanes of at least 4 members (excludes halogenated alkanes) is 5. The standard InChI is InChI=1S/C26H36N2O7/c1-33-23-13-11-19(15-21(23)29)17-27-25(31)9-7-5-3-4-6-8-10-26(32)35-28-18-20-12-14-24(34-2)22(30)16-20/h11-16,28-30H,3-10,17-18H2,1-2H3,(H,27,31). The molecule has 9 nitrogen and oxygen atoms in total. The summed E-state index contributed by atoms with van der Waals surface area (Å²) in [4.78, 5) is 28.8. The molecule has 0 bridgehead atoms. The number of ether oxygens (including phenoxy) is 2. The molecule has 0 heterocycles. The number of rotatable bonds is 16. The summed E-state index contributed by atoms with van der Waals surface area (Å²) >= 11 is 0. The molecule has 0 unspecified atom stereocenters. The maximum absolute atomic E-state index is 12.0. The number of hydrogen-bond donors (Lipinski definition) is 4. The molecule has 1 amide bonds. The second-order valence-corrected chi connectivity index (χ2v) is 8.21. The van der Waals surface area contributed by atoms with Crippen molar-refractivity contribution in [3.05, 3.63) is 47.5 Å². The van der Waals surface area contributed by atoms with E-state index in [-0.39, 0.29) is 23.4 Å². The molecule has 0 saturated heterocycles. The first-order valence-corrected chi connectivity index (χ1v) is 11.8. The summed E-state index contributed by atoms with van der Waals surface area (Å²) in [7, 11) is 2.97. The number of nitrogens with one attached hydrogen (secondary N) is 2. The largest absolute Gasteiger partial charge is 0.504 e. The number of aromatic hydroxyl groups is 2. The fourth-order valence-electron chi connectivity index (χ4n) is 3.49. The number of phenols is 2. The van der Waals surface area contributed by atoms with Gasteiger partial charge >= 0.3 is 5.97 Å². The molecule has 0 aliphatic heterocycles. The SMILES string of the molecule is COc1ccc(CNOC(=O)CCCCCCCCC(=O)NCc2ccc(OC)c(O)c2)cc1O. The van der Waals surface area contributed by atoms with E-state index in [2.05, 4.69) is 10.8 Å². The van der Waals surface area contributed by atoms with Gasteiger partial charge in [0.05, 0.1) is 20.8 Å². The van der Waals surface area contributed by atoms with Crippen molar-refractivity contribution < 1.29 is 34.1 Å². The molecular formula is C26H36N2O7. The number of amides is 1. The smallest absolute Gasteiger partial charge is 0.324 e. The lowest BCUT2D eigenvalue weighted by atomic mass is 10.1. The zero-order chi connectivity index (χ0) is 25.5. The van der Waals surface area contributed by atoms with Crippen LogP contribution < -0.4 is 20.3 Å². The summed E-state index contributed by atoms with van der Waals surface area (Å²) in [6.45, 7) is 0.656. The maximum Gasteiger partial charge on any atom is 0.324 e.